The maximum atomic E-state index is 10.3. The molecule has 0 fully saturated rings. The molecule has 0 aliphatic carbocycles. The van der Waals surface area contributed by atoms with Crippen molar-refractivity contribution >= 4 is 5.97 Å². The van der Waals surface area contributed by atoms with Crippen LogP contribution in [0.15, 0.2) is 12.2 Å². The third kappa shape index (κ3) is 4.05. The summed E-state index contributed by atoms with van der Waals surface area (Å²) in [5.74, 6) is -0.549. The van der Waals surface area contributed by atoms with Crippen LogP contribution in [0.5, 0.6) is 0 Å². The van der Waals surface area contributed by atoms with Gasteiger partial charge in [0.25, 0.3) is 0 Å². The number of carbonyl (C=O) groups excluding carboxylic acids is 1. The molecule has 0 aliphatic heterocycles. The second-order valence-corrected chi connectivity index (χ2v) is 1.63. The average molecular weight is 146 g/mol. The van der Waals surface area contributed by atoms with Crippen LogP contribution in [-0.2, 0) is 9.53 Å². The molecule has 0 aromatic rings. The molecule has 0 unspecified atom stereocenters. The first-order chi connectivity index (χ1) is 4.70. The molecule has 4 heteroatoms. The third-order valence-corrected chi connectivity index (χ3v) is 0.843. The number of aliphatic hydroxyl groups excluding tert-OH is 2. The molecule has 58 valence electrons. The summed E-state index contributed by atoms with van der Waals surface area (Å²) < 4.78 is 4.23. The van der Waals surface area contributed by atoms with E-state index in [1.165, 1.54) is 7.11 Å². The molecular weight excluding hydrogens is 136 g/mol. The minimum Gasteiger partial charge on any atom is -0.466 e. The first-order valence-electron chi connectivity index (χ1n) is 2.75. The number of carbonyl (C=O) groups is 1. The number of ether oxygens (including phenoxy) is 1. The maximum absolute atomic E-state index is 10.3. The van der Waals surface area contributed by atoms with E-state index in [-0.39, 0.29) is 0 Å². The van der Waals surface area contributed by atoms with Crippen molar-refractivity contribution < 1.29 is 19.7 Å². The Morgan fingerprint density at radius 3 is 2.80 bits per heavy atom. The van der Waals surface area contributed by atoms with Crippen LogP contribution in [0.3, 0.4) is 0 Å². The van der Waals surface area contributed by atoms with E-state index in [1.54, 1.807) is 0 Å². The average Bonchev–Trinajstić information content (AvgIpc) is 1.99. The van der Waals surface area contributed by atoms with Crippen LogP contribution in [0.2, 0.25) is 0 Å². The highest BCUT2D eigenvalue weighted by atomic mass is 16.5. The van der Waals surface area contributed by atoms with Gasteiger partial charge in [-0.2, -0.15) is 0 Å². The number of methoxy groups -OCH3 is 1. The molecule has 1 atom stereocenters. The van der Waals surface area contributed by atoms with Gasteiger partial charge in [0.2, 0.25) is 0 Å². The minimum atomic E-state index is -0.987. The Morgan fingerprint density at radius 1 is 1.80 bits per heavy atom. The van der Waals surface area contributed by atoms with E-state index in [4.69, 9.17) is 10.2 Å². The molecule has 0 aliphatic rings. The lowest BCUT2D eigenvalue weighted by Crippen LogP contribution is -2.08. The van der Waals surface area contributed by atoms with Crippen molar-refractivity contribution in [3.63, 3.8) is 0 Å². The van der Waals surface area contributed by atoms with Crippen molar-refractivity contribution in [2.45, 2.75) is 6.10 Å². The van der Waals surface area contributed by atoms with Crippen molar-refractivity contribution in [3.8, 4) is 0 Å². The van der Waals surface area contributed by atoms with Gasteiger partial charge >= 0.3 is 5.97 Å². The summed E-state index contributed by atoms with van der Waals surface area (Å²) in [6.07, 6.45) is 1.23. The molecule has 0 aromatic heterocycles. The topological polar surface area (TPSA) is 66.8 Å². The van der Waals surface area contributed by atoms with Crippen LogP contribution in [0.25, 0.3) is 0 Å². The Bertz CT molecular complexity index is 130. The van der Waals surface area contributed by atoms with Crippen LogP contribution in [-0.4, -0.2) is 36.0 Å². The fourth-order valence-electron chi connectivity index (χ4n) is 0.319. The maximum Gasteiger partial charge on any atom is 0.330 e. The lowest BCUT2D eigenvalue weighted by molar-refractivity contribution is -0.134. The molecule has 0 saturated carbocycles. The SMILES string of the molecule is COC(=O)/C=C/[C@H](O)CO. The lowest BCUT2D eigenvalue weighted by atomic mass is 10.3. The molecule has 0 rings (SSSR count). The van der Waals surface area contributed by atoms with Gasteiger partial charge in [0.05, 0.1) is 19.8 Å². The number of rotatable bonds is 3. The summed E-state index contributed by atoms with van der Waals surface area (Å²) in [7, 11) is 1.23. The first-order valence-corrected chi connectivity index (χ1v) is 2.75. The molecule has 0 spiro atoms. The molecule has 0 bridgehead atoms. The van der Waals surface area contributed by atoms with Crippen LogP contribution in [0, 0.1) is 0 Å². The van der Waals surface area contributed by atoms with E-state index in [0.717, 1.165) is 12.2 Å². The molecule has 0 heterocycles. The summed E-state index contributed by atoms with van der Waals surface area (Å²) in [6, 6.07) is 0. The third-order valence-electron chi connectivity index (χ3n) is 0.843. The zero-order chi connectivity index (χ0) is 7.98. The van der Waals surface area contributed by atoms with Crippen molar-refractivity contribution in [3.05, 3.63) is 12.2 Å². The fraction of sp³-hybridized carbons (Fsp3) is 0.500. The number of esters is 1. The molecule has 2 N–H and O–H groups in total. The molecule has 0 amide bonds. The zero-order valence-corrected chi connectivity index (χ0v) is 5.65. The van der Waals surface area contributed by atoms with Crippen LogP contribution in [0.1, 0.15) is 0 Å². The number of aliphatic hydroxyl groups is 2. The normalized spacial score (nSPS) is 13.5. The Kier molecular flexibility index (Phi) is 4.53. The largest absolute Gasteiger partial charge is 0.466 e. The summed E-state index contributed by atoms with van der Waals surface area (Å²) in [4.78, 5) is 10.3. The van der Waals surface area contributed by atoms with Crippen molar-refractivity contribution in [1.29, 1.82) is 0 Å². The van der Waals surface area contributed by atoms with E-state index in [0.29, 0.717) is 0 Å². The highest BCUT2D eigenvalue weighted by Crippen LogP contribution is 1.84. The summed E-state index contributed by atoms with van der Waals surface area (Å²) >= 11 is 0. The van der Waals surface area contributed by atoms with Gasteiger partial charge < -0.3 is 14.9 Å². The molecule has 0 radical (unpaired) electrons. The van der Waals surface area contributed by atoms with Gasteiger partial charge in [0.1, 0.15) is 0 Å². The van der Waals surface area contributed by atoms with Gasteiger partial charge in [-0.1, -0.05) is 0 Å². The van der Waals surface area contributed by atoms with Gasteiger partial charge in [-0.25, -0.2) is 4.79 Å². The molecule has 0 saturated heterocycles. The smallest absolute Gasteiger partial charge is 0.330 e. The molecule has 0 aromatic carbocycles. The van der Waals surface area contributed by atoms with E-state index in [9.17, 15) is 4.79 Å². The highest BCUT2D eigenvalue weighted by Gasteiger charge is 1.96. The zero-order valence-electron chi connectivity index (χ0n) is 5.65. The van der Waals surface area contributed by atoms with Crippen molar-refractivity contribution in [2.75, 3.05) is 13.7 Å². The molecule has 10 heavy (non-hydrogen) atoms. The van der Waals surface area contributed by atoms with Crippen LogP contribution < -0.4 is 0 Å². The fourth-order valence-corrected chi connectivity index (χ4v) is 0.319. The minimum absolute atomic E-state index is 0.395. The second-order valence-electron chi connectivity index (χ2n) is 1.63. The van der Waals surface area contributed by atoms with Gasteiger partial charge in [-0.05, 0) is 6.08 Å². The Balaban J connectivity index is 3.63. The Hall–Kier alpha value is -0.870. The molecular formula is C6H10O4. The Morgan fingerprint density at radius 2 is 2.40 bits per heavy atom. The summed E-state index contributed by atoms with van der Waals surface area (Å²) in [5, 5.41) is 16.9. The number of hydrogen-bond acceptors (Lipinski definition) is 4. The van der Waals surface area contributed by atoms with Crippen molar-refractivity contribution in [2.24, 2.45) is 0 Å². The van der Waals surface area contributed by atoms with Gasteiger partial charge in [-0.3, -0.25) is 0 Å². The van der Waals surface area contributed by atoms with E-state index >= 15 is 0 Å². The highest BCUT2D eigenvalue weighted by molar-refractivity contribution is 5.81. The van der Waals surface area contributed by atoms with Crippen LogP contribution in [0.4, 0.5) is 0 Å². The predicted octanol–water partition coefficient (Wildman–Crippen LogP) is -0.931. The Labute approximate surface area is 58.7 Å². The van der Waals surface area contributed by atoms with Crippen molar-refractivity contribution in [1.82, 2.24) is 0 Å². The lowest BCUT2D eigenvalue weighted by Gasteiger charge is -1.96. The second kappa shape index (κ2) is 4.96. The van der Waals surface area contributed by atoms with E-state index < -0.39 is 18.7 Å². The number of hydrogen-bond donors (Lipinski definition) is 2. The van der Waals surface area contributed by atoms with Gasteiger partial charge in [0, 0.05) is 6.08 Å². The molecule has 4 nitrogen and oxygen atoms in total. The van der Waals surface area contributed by atoms with Gasteiger partial charge in [0.15, 0.2) is 0 Å². The predicted molar refractivity (Wildman–Crippen MR) is 34.2 cm³/mol. The van der Waals surface area contributed by atoms with E-state index in [1.807, 2.05) is 0 Å². The van der Waals surface area contributed by atoms with Gasteiger partial charge in [-0.15, -0.1) is 0 Å². The summed E-state index contributed by atoms with van der Waals surface area (Å²) in [5.41, 5.74) is 0. The standard InChI is InChI=1S/C6H10O4/c1-10-6(9)3-2-5(8)4-7/h2-3,5,7-8H,4H2,1H3/b3-2+/t5-/m0/s1. The summed E-state index contributed by atoms with van der Waals surface area (Å²) in [6.45, 7) is -0.395. The quantitative estimate of drug-likeness (QED) is 0.398. The first kappa shape index (κ1) is 9.13. The van der Waals surface area contributed by atoms with Crippen LogP contribution >= 0.6 is 0 Å². The monoisotopic (exact) mass is 146 g/mol. The van der Waals surface area contributed by atoms with E-state index in [2.05, 4.69) is 4.74 Å².